The van der Waals surface area contributed by atoms with E-state index in [0.29, 0.717) is 13.1 Å². The standard InChI is InChI=1S/C15H25N3OS.HI/c1-2-16-14(17-10-13-6-9-20-11-13)18-12-15(19)7-4-3-5-8-15;/h6,9,11,19H,2-5,7-8,10,12H2,1H3,(H2,16,17,18);1H. The highest BCUT2D eigenvalue weighted by molar-refractivity contribution is 14.0. The molecule has 3 N–H and O–H groups in total. The van der Waals surface area contributed by atoms with Crippen LogP contribution in [0.15, 0.2) is 21.8 Å². The molecule has 0 amide bonds. The van der Waals surface area contributed by atoms with Gasteiger partial charge in [-0.15, -0.1) is 24.0 Å². The zero-order valence-electron chi connectivity index (χ0n) is 12.6. The summed E-state index contributed by atoms with van der Waals surface area (Å²) in [7, 11) is 0. The van der Waals surface area contributed by atoms with Crippen LogP contribution in [0.4, 0.5) is 0 Å². The van der Waals surface area contributed by atoms with Crippen molar-refractivity contribution in [3.63, 3.8) is 0 Å². The number of guanidine groups is 1. The van der Waals surface area contributed by atoms with Gasteiger partial charge in [-0.25, -0.2) is 4.99 Å². The van der Waals surface area contributed by atoms with Crippen LogP contribution in [0, 0.1) is 0 Å². The fraction of sp³-hybridized carbons (Fsp3) is 0.667. The average molecular weight is 423 g/mol. The first kappa shape index (κ1) is 18.7. The van der Waals surface area contributed by atoms with E-state index in [1.54, 1.807) is 11.3 Å². The Morgan fingerprint density at radius 2 is 2.10 bits per heavy atom. The minimum atomic E-state index is -0.559. The van der Waals surface area contributed by atoms with Gasteiger partial charge in [0.1, 0.15) is 0 Å². The summed E-state index contributed by atoms with van der Waals surface area (Å²) in [6.07, 6.45) is 5.28. The smallest absolute Gasteiger partial charge is 0.191 e. The van der Waals surface area contributed by atoms with Crippen molar-refractivity contribution >= 4 is 41.3 Å². The van der Waals surface area contributed by atoms with Crippen LogP contribution in [0.1, 0.15) is 44.6 Å². The predicted molar refractivity (Wildman–Crippen MR) is 101 cm³/mol. The Morgan fingerprint density at radius 1 is 1.33 bits per heavy atom. The molecule has 1 aliphatic carbocycles. The number of hydrogen-bond donors (Lipinski definition) is 3. The molecule has 0 bridgehead atoms. The molecule has 0 saturated heterocycles. The Bertz CT molecular complexity index is 417. The lowest BCUT2D eigenvalue weighted by Gasteiger charge is -2.32. The summed E-state index contributed by atoms with van der Waals surface area (Å²) in [5.74, 6) is 0.790. The molecular weight excluding hydrogens is 397 g/mol. The van der Waals surface area contributed by atoms with E-state index in [0.717, 1.165) is 38.2 Å². The van der Waals surface area contributed by atoms with Gasteiger partial charge in [0.25, 0.3) is 0 Å². The topological polar surface area (TPSA) is 56.7 Å². The van der Waals surface area contributed by atoms with Gasteiger partial charge in [0.2, 0.25) is 0 Å². The van der Waals surface area contributed by atoms with Crippen LogP contribution in [0.3, 0.4) is 0 Å². The summed E-state index contributed by atoms with van der Waals surface area (Å²) < 4.78 is 0. The fourth-order valence-electron chi connectivity index (χ4n) is 2.53. The highest BCUT2D eigenvalue weighted by atomic mass is 127. The Kier molecular flexibility index (Phi) is 8.58. The molecule has 2 rings (SSSR count). The first-order valence-electron chi connectivity index (χ1n) is 7.47. The molecule has 4 nitrogen and oxygen atoms in total. The molecule has 1 saturated carbocycles. The maximum atomic E-state index is 10.5. The van der Waals surface area contributed by atoms with Crippen LogP contribution >= 0.6 is 35.3 Å². The van der Waals surface area contributed by atoms with Gasteiger partial charge in [-0.1, -0.05) is 19.3 Å². The first-order valence-corrected chi connectivity index (χ1v) is 8.42. The second-order valence-electron chi connectivity index (χ2n) is 5.47. The number of rotatable bonds is 5. The van der Waals surface area contributed by atoms with Crippen LogP contribution in [-0.4, -0.2) is 29.8 Å². The summed E-state index contributed by atoms with van der Waals surface area (Å²) in [5, 5.41) is 21.2. The molecule has 1 heterocycles. The zero-order valence-corrected chi connectivity index (χ0v) is 15.7. The molecule has 21 heavy (non-hydrogen) atoms. The van der Waals surface area contributed by atoms with E-state index in [1.165, 1.54) is 12.0 Å². The van der Waals surface area contributed by atoms with Crippen molar-refractivity contribution in [3.8, 4) is 0 Å². The van der Waals surface area contributed by atoms with Gasteiger partial charge in [-0.3, -0.25) is 0 Å². The predicted octanol–water partition coefficient (Wildman–Crippen LogP) is 3.12. The molecule has 0 aromatic carbocycles. The van der Waals surface area contributed by atoms with Crippen molar-refractivity contribution < 1.29 is 5.11 Å². The third kappa shape index (κ3) is 6.52. The second-order valence-corrected chi connectivity index (χ2v) is 6.25. The normalized spacial score (nSPS) is 17.9. The first-order chi connectivity index (χ1) is 9.72. The van der Waals surface area contributed by atoms with E-state index in [9.17, 15) is 5.11 Å². The largest absolute Gasteiger partial charge is 0.388 e. The minimum Gasteiger partial charge on any atom is -0.388 e. The third-order valence-corrected chi connectivity index (χ3v) is 4.45. The van der Waals surface area contributed by atoms with Crippen LogP contribution in [0.5, 0.6) is 0 Å². The highest BCUT2D eigenvalue weighted by Crippen LogP contribution is 2.27. The molecule has 120 valence electrons. The molecule has 1 fully saturated rings. The highest BCUT2D eigenvalue weighted by Gasteiger charge is 2.29. The van der Waals surface area contributed by atoms with Crippen molar-refractivity contribution in [2.75, 3.05) is 13.1 Å². The van der Waals surface area contributed by atoms with Crippen molar-refractivity contribution in [1.29, 1.82) is 0 Å². The summed E-state index contributed by atoms with van der Waals surface area (Å²) >= 11 is 1.69. The Hall–Kier alpha value is -0.340. The Morgan fingerprint density at radius 3 is 2.71 bits per heavy atom. The number of halogens is 1. The van der Waals surface area contributed by atoms with Gasteiger partial charge in [0.15, 0.2) is 5.96 Å². The van der Waals surface area contributed by atoms with Crippen LogP contribution in [0.2, 0.25) is 0 Å². The summed E-state index contributed by atoms with van der Waals surface area (Å²) in [6.45, 7) is 4.14. The average Bonchev–Trinajstić information content (AvgIpc) is 2.96. The molecule has 1 aromatic heterocycles. The lowest BCUT2D eigenvalue weighted by atomic mass is 9.85. The second kappa shape index (κ2) is 9.63. The lowest BCUT2D eigenvalue weighted by Crippen LogP contribution is -2.48. The van der Waals surface area contributed by atoms with Crippen molar-refractivity contribution in [3.05, 3.63) is 22.4 Å². The summed E-state index contributed by atoms with van der Waals surface area (Å²) in [4.78, 5) is 4.56. The molecule has 0 spiro atoms. The summed E-state index contributed by atoms with van der Waals surface area (Å²) in [6, 6.07) is 2.09. The van der Waals surface area contributed by atoms with Gasteiger partial charge in [0.05, 0.1) is 12.1 Å². The molecule has 0 radical (unpaired) electrons. The van der Waals surface area contributed by atoms with Crippen molar-refractivity contribution in [2.45, 2.75) is 51.2 Å². The van der Waals surface area contributed by atoms with E-state index >= 15 is 0 Å². The number of aliphatic imine (C=N–C) groups is 1. The third-order valence-electron chi connectivity index (χ3n) is 3.71. The molecular formula is C15H26IN3OS. The maximum absolute atomic E-state index is 10.5. The minimum absolute atomic E-state index is 0. The monoisotopic (exact) mass is 423 g/mol. The van der Waals surface area contributed by atoms with Crippen LogP contribution in [0.25, 0.3) is 0 Å². The number of nitrogens with zero attached hydrogens (tertiary/aromatic N) is 1. The fourth-order valence-corrected chi connectivity index (χ4v) is 3.19. The van der Waals surface area contributed by atoms with Gasteiger partial charge >= 0.3 is 0 Å². The summed E-state index contributed by atoms with van der Waals surface area (Å²) in [5.41, 5.74) is 0.667. The SMILES string of the molecule is CCNC(=NCc1ccsc1)NCC1(O)CCCCC1.I. The van der Waals surface area contributed by atoms with Gasteiger partial charge in [-0.05, 0) is 42.2 Å². The molecule has 0 aliphatic heterocycles. The Labute approximate surface area is 148 Å². The lowest BCUT2D eigenvalue weighted by molar-refractivity contribution is 0.00859. The van der Waals surface area contributed by atoms with E-state index < -0.39 is 5.60 Å². The molecule has 1 aromatic rings. The van der Waals surface area contributed by atoms with Crippen molar-refractivity contribution in [1.82, 2.24) is 10.6 Å². The van der Waals surface area contributed by atoms with Crippen LogP contribution < -0.4 is 10.6 Å². The van der Waals surface area contributed by atoms with Gasteiger partial charge in [0, 0.05) is 13.1 Å². The Balaban J connectivity index is 0.00000220. The maximum Gasteiger partial charge on any atom is 0.191 e. The van der Waals surface area contributed by atoms with Gasteiger partial charge in [-0.2, -0.15) is 11.3 Å². The molecule has 0 unspecified atom stereocenters. The number of thiophene rings is 1. The quantitative estimate of drug-likeness (QED) is 0.388. The van der Waals surface area contributed by atoms with Crippen molar-refractivity contribution in [2.24, 2.45) is 4.99 Å². The molecule has 0 atom stereocenters. The van der Waals surface area contributed by atoms with Gasteiger partial charge < -0.3 is 15.7 Å². The van der Waals surface area contributed by atoms with E-state index in [1.807, 2.05) is 0 Å². The van der Waals surface area contributed by atoms with Crippen LogP contribution in [-0.2, 0) is 6.54 Å². The number of nitrogens with one attached hydrogen (secondary N) is 2. The number of aliphatic hydroxyl groups is 1. The van der Waals surface area contributed by atoms with E-state index in [-0.39, 0.29) is 24.0 Å². The van der Waals surface area contributed by atoms with E-state index in [2.05, 4.69) is 39.4 Å². The van der Waals surface area contributed by atoms with E-state index in [4.69, 9.17) is 0 Å². The molecule has 1 aliphatic rings. The number of hydrogen-bond acceptors (Lipinski definition) is 3. The zero-order chi connectivity index (χ0) is 14.3. The molecule has 6 heteroatoms.